The monoisotopic (exact) mass is 438 g/mol. The van der Waals surface area contributed by atoms with Crippen LogP contribution in [0.5, 0.6) is 5.75 Å². The van der Waals surface area contributed by atoms with Crippen LogP contribution in [0.2, 0.25) is 10.0 Å². The van der Waals surface area contributed by atoms with Gasteiger partial charge in [0, 0.05) is 0 Å². The molecule has 28 heavy (non-hydrogen) atoms. The number of benzene rings is 2. The van der Waals surface area contributed by atoms with Crippen molar-refractivity contribution in [1.29, 1.82) is 0 Å². The summed E-state index contributed by atoms with van der Waals surface area (Å²) in [5, 5.41) is 3.77. The van der Waals surface area contributed by atoms with Crippen molar-refractivity contribution < 1.29 is 12.6 Å². The van der Waals surface area contributed by atoms with Gasteiger partial charge in [-0.3, -0.25) is 4.79 Å². The summed E-state index contributed by atoms with van der Waals surface area (Å²) in [7, 11) is -4.03. The van der Waals surface area contributed by atoms with E-state index in [-0.39, 0.29) is 20.7 Å². The van der Waals surface area contributed by atoms with Crippen molar-refractivity contribution in [2.75, 3.05) is 0 Å². The first-order chi connectivity index (χ1) is 13.2. The van der Waals surface area contributed by atoms with Crippen LogP contribution < -0.4 is 9.74 Å². The summed E-state index contributed by atoms with van der Waals surface area (Å²) in [6, 6.07) is 12.4. The predicted molar refractivity (Wildman–Crippen MR) is 108 cm³/mol. The third-order valence-electron chi connectivity index (χ3n) is 4.00. The number of hydrogen-bond donors (Lipinski definition) is 0. The van der Waals surface area contributed by atoms with Crippen LogP contribution in [0.4, 0.5) is 0 Å². The van der Waals surface area contributed by atoms with E-state index in [4.69, 9.17) is 27.4 Å². The summed E-state index contributed by atoms with van der Waals surface area (Å²) in [6.07, 6.45) is 1.24. The normalized spacial score (nSPS) is 11.6. The maximum absolute atomic E-state index is 12.5. The molecule has 0 saturated heterocycles. The second-order valence-electron chi connectivity index (χ2n) is 6.28. The van der Waals surface area contributed by atoms with Crippen molar-refractivity contribution in [3.05, 3.63) is 80.7 Å². The average Bonchev–Trinajstić information content (AvgIpc) is 2.66. The fourth-order valence-corrected chi connectivity index (χ4v) is 3.62. The highest BCUT2D eigenvalue weighted by molar-refractivity contribution is 7.87. The van der Waals surface area contributed by atoms with E-state index >= 15 is 0 Å². The molecule has 1 aromatic heterocycles. The Kier molecular flexibility index (Phi) is 5.79. The Balaban J connectivity index is 1.86. The minimum absolute atomic E-state index is 0.0407. The molecule has 3 rings (SSSR count). The second-order valence-corrected chi connectivity index (χ2v) is 8.61. The summed E-state index contributed by atoms with van der Waals surface area (Å²) in [5.74, 6) is 0.549. The van der Waals surface area contributed by atoms with Crippen LogP contribution in [0.1, 0.15) is 25.3 Å². The van der Waals surface area contributed by atoms with Crippen molar-refractivity contribution in [2.24, 2.45) is 0 Å². The highest BCUT2D eigenvalue weighted by Gasteiger charge is 2.17. The fourth-order valence-electron chi connectivity index (χ4n) is 2.43. The van der Waals surface area contributed by atoms with Crippen molar-refractivity contribution in [1.82, 2.24) is 9.78 Å². The molecule has 0 N–H and O–H groups in total. The molecule has 0 amide bonds. The Morgan fingerprint density at radius 3 is 2.18 bits per heavy atom. The quantitative estimate of drug-likeness (QED) is 0.550. The molecule has 3 aromatic rings. The van der Waals surface area contributed by atoms with Gasteiger partial charge in [0.25, 0.3) is 5.56 Å². The van der Waals surface area contributed by atoms with E-state index in [2.05, 4.69) is 5.10 Å². The number of halogens is 2. The fraction of sp³-hybridized carbons (Fsp3) is 0.158. The molecule has 1 heterocycles. The first-order valence-electron chi connectivity index (χ1n) is 8.27. The van der Waals surface area contributed by atoms with Crippen molar-refractivity contribution in [3.63, 3.8) is 0 Å². The molecule has 9 heteroatoms. The molecule has 0 saturated carbocycles. The smallest absolute Gasteiger partial charge is 0.339 e. The minimum Gasteiger partial charge on any atom is -0.379 e. The zero-order chi connectivity index (χ0) is 20.5. The molecule has 2 aromatic carbocycles. The molecule has 0 aliphatic rings. The van der Waals surface area contributed by atoms with Gasteiger partial charge in [0.05, 0.1) is 16.9 Å². The maximum Gasteiger partial charge on any atom is 0.339 e. The van der Waals surface area contributed by atoms with Gasteiger partial charge in [-0.25, -0.2) is 0 Å². The Morgan fingerprint density at radius 1 is 1.00 bits per heavy atom. The standard InChI is InChI=1S/C19H16Cl2N2O4S/c1-12(2)13-3-7-15(8-4-13)27-28(25,26)16-9-5-14(6-10-16)23-19(24)18(21)17(20)11-22-23/h3-12H,1-2H3. The Bertz CT molecular complexity index is 1160. The molecule has 0 fully saturated rings. The van der Waals surface area contributed by atoms with E-state index in [9.17, 15) is 13.2 Å². The van der Waals surface area contributed by atoms with Gasteiger partial charge in [-0.15, -0.1) is 0 Å². The van der Waals surface area contributed by atoms with E-state index in [1.165, 1.54) is 30.5 Å². The largest absolute Gasteiger partial charge is 0.379 e. The maximum atomic E-state index is 12.5. The van der Waals surface area contributed by atoms with Crippen LogP contribution in [0.15, 0.2) is 64.4 Å². The van der Waals surface area contributed by atoms with Gasteiger partial charge in [-0.05, 0) is 47.9 Å². The number of hydrogen-bond acceptors (Lipinski definition) is 5. The summed E-state index contributed by atoms with van der Waals surface area (Å²) >= 11 is 11.6. The SMILES string of the molecule is CC(C)c1ccc(OS(=O)(=O)c2ccc(-n3ncc(Cl)c(Cl)c3=O)cc2)cc1. The topological polar surface area (TPSA) is 78.3 Å². The third kappa shape index (κ3) is 4.22. The summed E-state index contributed by atoms with van der Waals surface area (Å²) in [6.45, 7) is 4.09. The van der Waals surface area contributed by atoms with E-state index < -0.39 is 15.7 Å². The summed E-state index contributed by atoms with van der Waals surface area (Å²) in [4.78, 5) is 12.1. The number of nitrogens with zero attached hydrogens (tertiary/aromatic N) is 2. The lowest BCUT2D eigenvalue weighted by Crippen LogP contribution is -2.21. The van der Waals surface area contributed by atoms with Crippen LogP contribution in [-0.2, 0) is 10.1 Å². The van der Waals surface area contributed by atoms with Crippen LogP contribution in [-0.4, -0.2) is 18.2 Å². The Hall–Kier alpha value is -2.35. The van der Waals surface area contributed by atoms with Gasteiger partial charge in [0.2, 0.25) is 0 Å². The van der Waals surface area contributed by atoms with Crippen LogP contribution in [0.3, 0.4) is 0 Å². The molecule has 146 valence electrons. The van der Waals surface area contributed by atoms with Crippen molar-refractivity contribution in [2.45, 2.75) is 24.7 Å². The molecule has 0 atom stereocenters. The van der Waals surface area contributed by atoms with Gasteiger partial charge in [-0.1, -0.05) is 49.2 Å². The van der Waals surface area contributed by atoms with Crippen molar-refractivity contribution >= 4 is 33.3 Å². The molecular weight excluding hydrogens is 423 g/mol. The minimum atomic E-state index is -4.03. The van der Waals surface area contributed by atoms with Gasteiger partial charge in [-0.2, -0.15) is 18.2 Å². The van der Waals surface area contributed by atoms with E-state index in [0.29, 0.717) is 11.6 Å². The average molecular weight is 439 g/mol. The first-order valence-corrected chi connectivity index (χ1v) is 10.4. The molecule has 0 unspecified atom stereocenters. The lowest BCUT2D eigenvalue weighted by atomic mass is 10.0. The molecule has 0 aliphatic carbocycles. The molecule has 0 radical (unpaired) electrons. The van der Waals surface area contributed by atoms with Gasteiger partial charge in [0.15, 0.2) is 0 Å². The van der Waals surface area contributed by atoms with Gasteiger partial charge < -0.3 is 4.18 Å². The third-order valence-corrected chi connectivity index (χ3v) is 6.01. The number of rotatable bonds is 5. The van der Waals surface area contributed by atoms with Crippen LogP contribution in [0, 0.1) is 0 Å². The van der Waals surface area contributed by atoms with E-state index in [1.807, 2.05) is 26.0 Å². The van der Waals surface area contributed by atoms with E-state index in [1.54, 1.807) is 12.1 Å². The second kappa shape index (κ2) is 7.95. The lowest BCUT2D eigenvalue weighted by Gasteiger charge is -2.10. The molecule has 6 nitrogen and oxygen atoms in total. The zero-order valence-corrected chi connectivity index (χ0v) is 17.3. The first kappa shape index (κ1) is 20.4. The molecule has 0 bridgehead atoms. The molecular formula is C19H16Cl2N2O4S. The predicted octanol–water partition coefficient (Wildman–Crippen LogP) is 4.43. The highest BCUT2D eigenvalue weighted by Crippen LogP contribution is 2.23. The van der Waals surface area contributed by atoms with Crippen LogP contribution >= 0.6 is 23.2 Å². The summed E-state index contributed by atoms with van der Waals surface area (Å²) < 4.78 is 31.2. The zero-order valence-electron chi connectivity index (χ0n) is 15.0. The highest BCUT2D eigenvalue weighted by atomic mass is 35.5. The Labute approximate surface area is 172 Å². The van der Waals surface area contributed by atoms with Gasteiger partial charge >= 0.3 is 10.1 Å². The molecule has 0 spiro atoms. The molecule has 0 aliphatic heterocycles. The van der Waals surface area contributed by atoms with Crippen molar-refractivity contribution in [3.8, 4) is 11.4 Å². The van der Waals surface area contributed by atoms with Gasteiger partial charge in [0.1, 0.15) is 15.7 Å². The summed E-state index contributed by atoms with van der Waals surface area (Å²) in [5.41, 5.74) is 0.809. The Morgan fingerprint density at radius 2 is 1.61 bits per heavy atom. The number of aromatic nitrogens is 2. The van der Waals surface area contributed by atoms with E-state index in [0.717, 1.165) is 10.2 Å². The lowest BCUT2D eigenvalue weighted by molar-refractivity contribution is 0.486. The van der Waals surface area contributed by atoms with Crippen LogP contribution in [0.25, 0.3) is 5.69 Å².